The Morgan fingerprint density at radius 2 is 2.02 bits per heavy atom. The standard InChI is InChI=1S/C37H36FN5O4/c1-2-20-4-3-5-21-10-24(44)12-26(31(20)21)27-13-30-32-34(33(27)38)40-36(41-35(32)43-14-22-6-7-28(39-22)29(43)17-46-30)47-19-37(8-9-37)18-42-15-25-11-23(42)16-45-25/h1,3-5,10,12-13,22-23,25,28-29,39,44H,6-9,11,14-19H2/t22-,23+,25+,28+,29-/m1/s1. The summed E-state index contributed by atoms with van der Waals surface area (Å²) in [5.41, 5.74) is 1.56. The van der Waals surface area contributed by atoms with Crippen LogP contribution in [0.25, 0.3) is 32.8 Å². The quantitative estimate of drug-likeness (QED) is 0.296. The smallest absolute Gasteiger partial charge is 0.319 e. The first kappa shape index (κ1) is 27.9. The molecule has 10 rings (SSSR count). The zero-order valence-corrected chi connectivity index (χ0v) is 26.0. The number of likely N-dealkylation sites (tertiary alicyclic amines) is 1. The van der Waals surface area contributed by atoms with Gasteiger partial charge >= 0.3 is 6.01 Å². The highest BCUT2D eigenvalue weighted by Gasteiger charge is 2.50. The first-order valence-electron chi connectivity index (χ1n) is 16.9. The predicted molar refractivity (Wildman–Crippen MR) is 175 cm³/mol. The molecule has 0 spiro atoms. The second-order valence-corrected chi connectivity index (χ2v) is 14.5. The number of ether oxygens (including phenoxy) is 3. The van der Waals surface area contributed by atoms with Gasteiger partial charge in [-0.05, 0) is 67.3 Å². The fourth-order valence-corrected chi connectivity index (χ4v) is 8.89. The Kier molecular flexibility index (Phi) is 6.03. The molecule has 6 heterocycles. The lowest BCUT2D eigenvalue weighted by molar-refractivity contribution is 0.0176. The van der Waals surface area contributed by atoms with E-state index in [4.69, 9.17) is 30.6 Å². The largest absolute Gasteiger partial charge is 0.508 e. The molecule has 47 heavy (non-hydrogen) atoms. The number of phenols is 1. The fraction of sp³-hybridized carbons (Fsp3) is 0.459. The maximum atomic E-state index is 17.1. The Hall–Kier alpha value is -4.17. The molecule has 0 amide bonds. The Morgan fingerprint density at radius 1 is 1.11 bits per heavy atom. The summed E-state index contributed by atoms with van der Waals surface area (Å²) in [4.78, 5) is 14.6. The number of rotatable bonds is 6. The van der Waals surface area contributed by atoms with Crippen LogP contribution in [0.1, 0.15) is 37.7 Å². The van der Waals surface area contributed by atoms with Gasteiger partial charge in [-0.2, -0.15) is 9.97 Å². The summed E-state index contributed by atoms with van der Waals surface area (Å²) >= 11 is 0. The highest BCUT2D eigenvalue weighted by Crippen LogP contribution is 2.49. The molecule has 6 aliphatic rings. The Labute approximate surface area is 272 Å². The van der Waals surface area contributed by atoms with Crippen LogP contribution in [0.4, 0.5) is 10.2 Å². The van der Waals surface area contributed by atoms with E-state index in [1.165, 1.54) is 0 Å². The first-order chi connectivity index (χ1) is 22.9. The average molecular weight is 634 g/mol. The van der Waals surface area contributed by atoms with Crippen LogP contribution in [-0.2, 0) is 4.74 Å². The van der Waals surface area contributed by atoms with E-state index in [9.17, 15) is 5.11 Å². The van der Waals surface area contributed by atoms with Crippen LogP contribution in [0.2, 0.25) is 0 Å². The molecule has 5 fully saturated rings. The van der Waals surface area contributed by atoms with Gasteiger partial charge in [0.15, 0.2) is 5.82 Å². The lowest BCUT2D eigenvalue weighted by Gasteiger charge is -2.40. The third-order valence-electron chi connectivity index (χ3n) is 11.5. The van der Waals surface area contributed by atoms with E-state index >= 15 is 4.39 Å². The zero-order valence-electron chi connectivity index (χ0n) is 26.0. The van der Waals surface area contributed by atoms with E-state index in [0.717, 1.165) is 63.7 Å². The van der Waals surface area contributed by atoms with Gasteiger partial charge in [-0.3, -0.25) is 4.90 Å². The van der Waals surface area contributed by atoms with Gasteiger partial charge in [0.2, 0.25) is 0 Å². The van der Waals surface area contributed by atoms with Crippen molar-refractivity contribution in [1.29, 1.82) is 0 Å². The predicted octanol–water partition coefficient (Wildman–Crippen LogP) is 4.61. The van der Waals surface area contributed by atoms with Crippen molar-refractivity contribution in [3.8, 4) is 41.0 Å². The molecule has 10 heteroatoms. The van der Waals surface area contributed by atoms with E-state index in [1.807, 2.05) is 18.2 Å². The maximum Gasteiger partial charge on any atom is 0.319 e. The summed E-state index contributed by atoms with van der Waals surface area (Å²) in [7, 11) is 0. The van der Waals surface area contributed by atoms with Crippen molar-refractivity contribution < 1.29 is 23.7 Å². The Balaban J connectivity index is 1.10. The van der Waals surface area contributed by atoms with Crippen molar-refractivity contribution >= 4 is 27.5 Å². The Morgan fingerprint density at radius 3 is 2.83 bits per heavy atom. The number of aromatic hydroxyl groups is 1. The highest BCUT2D eigenvalue weighted by molar-refractivity contribution is 6.05. The van der Waals surface area contributed by atoms with Gasteiger partial charge in [0.05, 0.1) is 30.7 Å². The van der Waals surface area contributed by atoms with Crippen LogP contribution in [0, 0.1) is 23.6 Å². The van der Waals surface area contributed by atoms with E-state index < -0.39 is 5.82 Å². The number of nitrogens with zero attached hydrogens (tertiary/aromatic N) is 4. The van der Waals surface area contributed by atoms with E-state index in [1.54, 1.807) is 18.2 Å². The van der Waals surface area contributed by atoms with Crippen molar-refractivity contribution in [3.05, 3.63) is 47.8 Å². The molecule has 4 saturated heterocycles. The lowest BCUT2D eigenvalue weighted by Crippen LogP contribution is -2.60. The number of nitrogens with one attached hydrogen (secondary N) is 1. The minimum Gasteiger partial charge on any atom is -0.508 e. The third-order valence-corrected chi connectivity index (χ3v) is 11.5. The van der Waals surface area contributed by atoms with Gasteiger partial charge in [0.25, 0.3) is 0 Å². The van der Waals surface area contributed by atoms with Crippen molar-refractivity contribution in [2.24, 2.45) is 5.41 Å². The van der Waals surface area contributed by atoms with Crippen LogP contribution in [0.5, 0.6) is 17.5 Å². The normalized spacial score (nSPS) is 28.3. The molecule has 3 aromatic carbocycles. The maximum absolute atomic E-state index is 17.1. The topological polar surface area (TPSA) is 92.2 Å². The van der Waals surface area contributed by atoms with Gasteiger partial charge in [-0.25, -0.2) is 4.39 Å². The molecule has 4 bridgehead atoms. The number of phenolic OH excluding ortho intramolecular Hbond substituents is 1. The summed E-state index contributed by atoms with van der Waals surface area (Å²) in [5.74, 6) is 3.42. The van der Waals surface area contributed by atoms with Gasteiger partial charge in [0.1, 0.15) is 29.4 Å². The molecule has 0 unspecified atom stereocenters. The number of terminal acetylenes is 1. The number of aromatic nitrogens is 2. The highest BCUT2D eigenvalue weighted by atomic mass is 19.1. The van der Waals surface area contributed by atoms with Crippen LogP contribution in [-0.4, -0.2) is 89.7 Å². The lowest BCUT2D eigenvalue weighted by atomic mass is 9.93. The van der Waals surface area contributed by atoms with Crippen molar-refractivity contribution in [1.82, 2.24) is 20.2 Å². The van der Waals surface area contributed by atoms with Crippen LogP contribution in [0.15, 0.2) is 36.4 Å². The van der Waals surface area contributed by atoms with Crippen LogP contribution >= 0.6 is 0 Å². The van der Waals surface area contributed by atoms with Crippen molar-refractivity contribution in [2.45, 2.75) is 62.4 Å². The van der Waals surface area contributed by atoms with Gasteiger partial charge < -0.3 is 29.5 Å². The summed E-state index contributed by atoms with van der Waals surface area (Å²) in [6.07, 6.45) is 11.7. The van der Waals surface area contributed by atoms with Crippen LogP contribution in [0.3, 0.4) is 0 Å². The fourth-order valence-electron chi connectivity index (χ4n) is 8.89. The molecule has 4 aromatic rings. The second-order valence-electron chi connectivity index (χ2n) is 14.5. The average Bonchev–Trinajstić information content (AvgIpc) is 3.34. The van der Waals surface area contributed by atoms with Crippen molar-refractivity contribution in [3.63, 3.8) is 0 Å². The molecular weight excluding hydrogens is 597 g/mol. The number of hydrogen-bond donors (Lipinski definition) is 2. The SMILES string of the molecule is C#Cc1cccc2cc(O)cc(-c3cc4c5c(nc(OCC6(CN7C[C@@H]8C[C@H]7CO8)CC6)nc5c3F)N3C[C@H]5CC[C@H](N5)[C@H]3CO4)c12. The molecule has 5 atom stereocenters. The zero-order chi connectivity index (χ0) is 31.4. The Bertz CT molecular complexity index is 2010. The van der Waals surface area contributed by atoms with Gasteiger partial charge in [-0.1, -0.05) is 18.1 Å². The number of morpholine rings is 1. The van der Waals surface area contributed by atoms with Gasteiger partial charge in [0, 0.05) is 59.7 Å². The monoisotopic (exact) mass is 633 g/mol. The molecule has 1 saturated carbocycles. The minimum absolute atomic E-state index is 0.0205. The van der Waals surface area contributed by atoms with Crippen LogP contribution < -0.4 is 19.7 Å². The summed E-state index contributed by atoms with van der Waals surface area (Å²) < 4.78 is 35.9. The van der Waals surface area contributed by atoms with Gasteiger partial charge in [-0.15, -0.1) is 6.42 Å². The summed E-state index contributed by atoms with van der Waals surface area (Å²) in [6.45, 7) is 4.44. The minimum atomic E-state index is -0.523. The number of piperazine rings is 1. The third kappa shape index (κ3) is 4.40. The number of anilines is 1. The van der Waals surface area contributed by atoms with E-state index in [-0.39, 0.29) is 40.3 Å². The summed E-state index contributed by atoms with van der Waals surface area (Å²) in [5, 5.41) is 16.4. The first-order valence-corrected chi connectivity index (χ1v) is 16.9. The molecule has 5 aliphatic heterocycles. The molecule has 0 radical (unpaired) electrons. The number of halogens is 1. The molecule has 9 nitrogen and oxygen atoms in total. The molecule has 240 valence electrons. The van der Waals surface area contributed by atoms with E-state index in [0.29, 0.717) is 64.9 Å². The second kappa shape index (κ2) is 10.2. The number of fused-ring (bicyclic) bond motifs is 8. The number of hydrogen-bond acceptors (Lipinski definition) is 9. The van der Waals surface area contributed by atoms with E-state index in [2.05, 4.69) is 21.0 Å². The number of benzene rings is 3. The molecule has 2 N–H and O–H groups in total. The molecule has 1 aliphatic carbocycles. The summed E-state index contributed by atoms with van der Waals surface area (Å²) in [6, 6.07) is 11.8. The van der Waals surface area contributed by atoms with Crippen molar-refractivity contribution in [2.75, 3.05) is 44.4 Å². The molecular formula is C37H36FN5O4. The molecule has 1 aromatic heterocycles.